The Kier molecular flexibility index (Phi) is 7.71. The van der Waals surface area contributed by atoms with Crippen molar-refractivity contribution < 1.29 is 9.53 Å². The van der Waals surface area contributed by atoms with Crippen LogP contribution in [0.15, 0.2) is 30.6 Å². The fourth-order valence-electron chi connectivity index (χ4n) is 3.07. The van der Waals surface area contributed by atoms with Gasteiger partial charge in [-0.05, 0) is 55.0 Å². The molecule has 1 amide bonds. The third-order valence-corrected chi connectivity index (χ3v) is 6.48. The number of rotatable bonds is 10. The van der Waals surface area contributed by atoms with Gasteiger partial charge in [0.25, 0.3) is 5.91 Å². The molecule has 8 heteroatoms. The molecule has 0 fully saturated rings. The van der Waals surface area contributed by atoms with Crippen LogP contribution < -0.4 is 15.4 Å². The molecule has 3 rings (SSSR count). The summed E-state index contributed by atoms with van der Waals surface area (Å²) in [6.07, 6.45) is 5.42. The monoisotopic (exact) mass is 430 g/mol. The van der Waals surface area contributed by atoms with E-state index in [9.17, 15) is 4.79 Å². The van der Waals surface area contributed by atoms with Crippen molar-refractivity contribution in [1.29, 1.82) is 0 Å². The number of nitrogens with one attached hydrogen (secondary N) is 2. The quantitative estimate of drug-likeness (QED) is 0.471. The van der Waals surface area contributed by atoms with Gasteiger partial charge in [-0.2, -0.15) is 11.8 Å². The van der Waals surface area contributed by atoms with Crippen LogP contribution in [-0.2, 0) is 6.42 Å². The molecular weight excluding hydrogens is 404 g/mol. The lowest BCUT2D eigenvalue weighted by atomic mass is 10.1. The molecule has 6 nitrogen and oxygen atoms in total. The standard InChI is InChI=1S/C21H26N4O2S2/c1-14-17-19(22-10-8-15-6-4-7-16(12-15)27-2)24-13-25-21(17)29-18(14)20(26)23-9-5-11-28-3/h4,6-7,12-13H,5,8-11H2,1-3H3,(H,23,26)(H,22,24,25). The van der Waals surface area contributed by atoms with E-state index in [4.69, 9.17) is 4.74 Å². The minimum Gasteiger partial charge on any atom is -0.497 e. The molecule has 3 aromatic rings. The maximum atomic E-state index is 12.6. The number of carbonyl (C=O) groups excluding carboxylic acids is 1. The summed E-state index contributed by atoms with van der Waals surface area (Å²) in [4.78, 5) is 22.9. The van der Waals surface area contributed by atoms with Crippen LogP contribution in [0.1, 0.15) is 27.2 Å². The van der Waals surface area contributed by atoms with Crippen molar-refractivity contribution >= 4 is 45.0 Å². The molecule has 0 aliphatic heterocycles. The Morgan fingerprint density at radius 1 is 1.28 bits per heavy atom. The first-order chi connectivity index (χ1) is 14.1. The highest BCUT2D eigenvalue weighted by molar-refractivity contribution is 7.98. The minimum absolute atomic E-state index is 0.0334. The first-order valence-electron chi connectivity index (χ1n) is 9.52. The second-order valence-electron chi connectivity index (χ2n) is 6.59. The first kappa shape index (κ1) is 21.4. The zero-order valence-corrected chi connectivity index (χ0v) is 18.6. The largest absolute Gasteiger partial charge is 0.497 e. The summed E-state index contributed by atoms with van der Waals surface area (Å²) >= 11 is 3.20. The zero-order valence-electron chi connectivity index (χ0n) is 16.9. The lowest BCUT2D eigenvalue weighted by Crippen LogP contribution is -2.24. The molecule has 2 N–H and O–H groups in total. The van der Waals surface area contributed by atoms with E-state index in [2.05, 4.69) is 32.9 Å². The summed E-state index contributed by atoms with van der Waals surface area (Å²) in [6.45, 7) is 3.38. The summed E-state index contributed by atoms with van der Waals surface area (Å²) in [5, 5.41) is 7.34. The number of methoxy groups -OCH3 is 1. The number of ether oxygens (including phenoxy) is 1. The Morgan fingerprint density at radius 2 is 2.14 bits per heavy atom. The number of thiophene rings is 1. The van der Waals surface area contributed by atoms with Crippen molar-refractivity contribution in [3.8, 4) is 5.75 Å². The van der Waals surface area contributed by atoms with Gasteiger partial charge < -0.3 is 15.4 Å². The number of hydrogen-bond donors (Lipinski definition) is 2. The minimum atomic E-state index is -0.0334. The van der Waals surface area contributed by atoms with E-state index < -0.39 is 0 Å². The summed E-state index contributed by atoms with van der Waals surface area (Å²) in [6, 6.07) is 8.04. The summed E-state index contributed by atoms with van der Waals surface area (Å²) < 4.78 is 5.28. The molecule has 29 heavy (non-hydrogen) atoms. The molecule has 0 unspecified atom stereocenters. The van der Waals surface area contributed by atoms with E-state index >= 15 is 0 Å². The second-order valence-corrected chi connectivity index (χ2v) is 8.57. The maximum absolute atomic E-state index is 12.6. The Labute approximate surface area is 179 Å². The van der Waals surface area contributed by atoms with E-state index in [-0.39, 0.29) is 5.91 Å². The number of nitrogens with zero attached hydrogens (tertiary/aromatic N) is 2. The van der Waals surface area contributed by atoms with Crippen LogP contribution >= 0.6 is 23.1 Å². The van der Waals surface area contributed by atoms with Gasteiger partial charge in [-0.3, -0.25) is 4.79 Å². The van der Waals surface area contributed by atoms with Crippen LogP contribution in [0.2, 0.25) is 0 Å². The van der Waals surface area contributed by atoms with Crippen LogP contribution in [0.4, 0.5) is 5.82 Å². The molecule has 0 bridgehead atoms. The van der Waals surface area contributed by atoms with Crippen LogP contribution in [0.5, 0.6) is 5.75 Å². The fourth-order valence-corrected chi connectivity index (χ4v) is 4.57. The fraction of sp³-hybridized carbons (Fsp3) is 0.381. The lowest BCUT2D eigenvalue weighted by Gasteiger charge is -2.08. The molecule has 0 atom stereocenters. The van der Waals surface area contributed by atoms with E-state index in [1.807, 2.05) is 25.1 Å². The third-order valence-electron chi connectivity index (χ3n) is 4.58. The normalized spacial score (nSPS) is 10.9. The number of fused-ring (bicyclic) bond motifs is 1. The van der Waals surface area contributed by atoms with E-state index in [1.165, 1.54) is 16.9 Å². The van der Waals surface area contributed by atoms with Crippen LogP contribution in [0, 0.1) is 6.92 Å². The topological polar surface area (TPSA) is 76.1 Å². The van der Waals surface area contributed by atoms with Crippen molar-refractivity contribution in [3.05, 3.63) is 46.6 Å². The number of carbonyl (C=O) groups is 1. The summed E-state index contributed by atoms with van der Waals surface area (Å²) in [7, 11) is 1.67. The molecular formula is C21H26N4O2S2. The van der Waals surface area contributed by atoms with E-state index in [0.29, 0.717) is 11.4 Å². The van der Waals surface area contributed by atoms with Crippen molar-refractivity contribution in [2.45, 2.75) is 19.8 Å². The smallest absolute Gasteiger partial charge is 0.261 e. The van der Waals surface area contributed by atoms with Crippen molar-refractivity contribution in [2.75, 3.05) is 37.5 Å². The number of hydrogen-bond acceptors (Lipinski definition) is 7. The van der Waals surface area contributed by atoms with Gasteiger partial charge in [-0.25, -0.2) is 9.97 Å². The van der Waals surface area contributed by atoms with Gasteiger partial charge in [0.15, 0.2) is 0 Å². The maximum Gasteiger partial charge on any atom is 0.261 e. The highest BCUT2D eigenvalue weighted by Crippen LogP contribution is 2.33. The highest BCUT2D eigenvalue weighted by atomic mass is 32.2. The summed E-state index contributed by atoms with van der Waals surface area (Å²) in [5.41, 5.74) is 2.12. The Hall–Kier alpha value is -2.32. The number of benzene rings is 1. The zero-order chi connectivity index (χ0) is 20.6. The van der Waals surface area contributed by atoms with Crippen molar-refractivity contribution in [2.24, 2.45) is 0 Å². The number of amides is 1. The predicted octanol–water partition coefficient (Wildman–Crippen LogP) is 4.15. The van der Waals surface area contributed by atoms with Crippen molar-refractivity contribution in [3.63, 3.8) is 0 Å². The molecule has 0 aliphatic carbocycles. The van der Waals surface area contributed by atoms with Crippen LogP contribution in [-0.4, -0.2) is 48.1 Å². The molecule has 1 aromatic carbocycles. The highest BCUT2D eigenvalue weighted by Gasteiger charge is 2.19. The molecule has 154 valence electrons. The molecule has 0 saturated heterocycles. The predicted molar refractivity (Wildman–Crippen MR) is 123 cm³/mol. The Morgan fingerprint density at radius 3 is 2.93 bits per heavy atom. The Balaban J connectivity index is 1.70. The molecule has 0 saturated carbocycles. The second kappa shape index (κ2) is 10.5. The molecule has 0 spiro atoms. The van der Waals surface area contributed by atoms with Gasteiger partial charge >= 0.3 is 0 Å². The summed E-state index contributed by atoms with van der Waals surface area (Å²) in [5.74, 6) is 2.63. The average Bonchev–Trinajstić information content (AvgIpc) is 3.09. The van der Waals surface area contributed by atoms with Gasteiger partial charge in [0.1, 0.15) is 22.7 Å². The number of anilines is 1. The van der Waals surface area contributed by atoms with E-state index in [1.54, 1.807) is 25.2 Å². The van der Waals surface area contributed by atoms with Gasteiger partial charge in [0, 0.05) is 13.1 Å². The van der Waals surface area contributed by atoms with Crippen LogP contribution in [0.3, 0.4) is 0 Å². The molecule has 2 aromatic heterocycles. The van der Waals surface area contributed by atoms with Gasteiger partial charge in [-0.15, -0.1) is 11.3 Å². The average molecular weight is 431 g/mol. The molecule has 2 heterocycles. The third kappa shape index (κ3) is 5.39. The van der Waals surface area contributed by atoms with Gasteiger partial charge in [0.2, 0.25) is 0 Å². The molecule has 0 radical (unpaired) electrons. The first-order valence-corrected chi connectivity index (χ1v) is 11.7. The van der Waals surface area contributed by atoms with Crippen molar-refractivity contribution in [1.82, 2.24) is 15.3 Å². The van der Waals surface area contributed by atoms with Gasteiger partial charge in [0.05, 0.1) is 17.4 Å². The lowest BCUT2D eigenvalue weighted by molar-refractivity contribution is 0.0957. The number of aryl methyl sites for hydroxylation is 1. The Bertz CT molecular complexity index is 974. The number of aromatic nitrogens is 2. The van der Waals surface area contributed by atoms with E-state index in [0.717, 1.165) is 52.5 Å². The van der Waals surface area contributed by atoms with Gasteiger partial charge in [-0.1, -0.05) is 12.1 Å². The van der Waals surface area contributed by atoms with Crippen LogP contribution in [0.25, 0.3) is 10.2 Å². The molecule has 0 aliphatic rings. The SMILES string of the molecule is COc1cccc(CCNc2ncnc3sc(C(=O)NCCCSC)c(C)c23)c1. The number of thioether (sulfide) groups is 1.